The van der Waals surface area contributed by atoms with E-state index in [0.717, 1.165) is 18.6 Å². The lowest BCUT2D eigenvalue weighted by atomic mass is 9.69. The summed E-state index contributed by atoms with van der Waals surface area (Å²) in [6.45, 7) is 4.59. The van der Waals surface area contributed by atoms with E-state index in [9.17, 15) is 0 Å². The molecule has 1 aliphatic carbocycles. The van der Waals surface area contributed by atoms with Crippen molar-refractivity contribution in [3.05, 3.63) is 24.2 Å². The van der Waals surface area contributed by atoms with Crippen LogP contribution in [0.15, 0.2) is 22.8 Å². The Morgan fingerprint density at radius 3 is 2.79 bits per heavy atom. The Hall–Kier alpha value is -0.760. The molecule has 2 N–H and O–H groups in total. The number of hydrogen-bond donors (Lipinski definition) is 1. The third-order valence-electron chi connectivity index (χ3n) is 3.15. The highest BCUT2D eigenvalue weighted by molar-refractivity contribution is 5.09. The molecule has 2 unspecified atom stereocenters. The maximum absolute atomic E-state index is 6.07. The van der Waals surface area contributed by atoms with E-state index in [1.165, 1.54) is 6.42 Å². The molecule has 1 saturated carbocycles. The van der Waals surface area contributed by atoms with Gasteiger partial charge in [0.2, 0.25) is 0 Å². The second kappa shape index (κ2) is 3.43. The molecule has 2 nitrogen and oxygen atoms in total. The zero-order valence-corrected chi connectivity index (χ0v) is 8.99. The van der Waals surface area contributed by atoms with Crippen molar-refractivity contribution >= 4 is 0 Å². The summed E-state index contributed by atoms with van der Waals surface area (Å²) in [7, 11) is 0. The number of hydrogen-bond acceptors (Lipinski definition) is 2. The van der Waals surface area contributed by atoms with Crippen molar-refractivity contribution in [3.8, 4) is 0 Å². The standard InChI is InChI=1S/C12H19NO/c1-12(2)7-9(6-10(13)8-12)11-4-3-5-14-11/h3-5,9-10H,6-8,13H2,1-2H3. The lowest BCUT2D eigenvalue weighted by Gasteiger charge is -2.37. The fourth-order valence-electron chi connectivity index (χ4n) is 2.73. The van der Waals surface area contributed by atoms with Crippen LogP contribution in [0.5, 0.6) is 0 Å². The fourth-order valence-corrected chi connectivity index (χ4v) is 2.73. The lowest BCUT2D eigenvalue weighted by molar-refractivity contribution is 0.184. The normalized spacial score (nSPS) is 31.6. The summed E-state index contributed by atoms with van der Waals surface area (Å²) in [6, 6.07) is 4.36. The predicted octanol–water partition coefficient (Wildman–Crippen LogP) is 2.90. The molecular weight excluding hydrogens is 174 g/mol. The van der Waals surface area contributed by atoms with E-state index in [1.807, 2.05) is 6.07 Å². The first kappa shape index (κ1) is 9.78. The van der Waals surface area contributed by atoms with Crippen LogP contribution in [0.1, 0.15) is 44.8 Å². The average molecular weight is 193 g/mol. The second-order valence-corrected chi connectivity index (χ2v) is 5.28. The summed E-state index contributed by atoms with van der Waals surface area (Å²) >= 11 is 0. The third kappa shape index (κ3) is 2.01. The van der Waals surface area contributed by atoms with Gasteiger partial charge in [-0.05, 0) is 36.8 Å². The molecule has 2 rings (SSSR count). The van der Waals surface area contributed by atoms with E-state index in [-0.39, 0.29) is 0 Å². The van der Waals surface area contributed by atoms with Gasteiger partial charge in [0.25, 0.3) is 0 Å². The minimum atomic E-state index is 0.328. The molecule has 2 heteroatoms. The van der Waals surface area contributed by atoms with Crippen molar-refractivity contribution in [1.29, 1.82) is 0 Å². The van der Waals surface area contributed by atoms with Gasteiger partial charge in [-0.3, -0.25) is 0 Å². The molecule has 0 aliphatic heterocycles. The molecule has 14 heavy (non-hydrogen) atoms. The van der Waals surface area contributed by atoms with Gasteiger partial charge in [0.05, 0.1) is 6.26 Å². The Kier molecular flexibility index (Phi) is 2.40. The van der Waals surface area contributed by atoms with E-state index < -0.39 is 0 Å². The lowest BCUT2D eigenvalue weighted by Crippen LogP contribution is -2.36. The van der Waals surface area contributed by atoms with Crippen LogP contribution in [-0.4, -0.2) is 6.04 Å². The molecule has 1 heterocycles. The molecule has 0 bridgehead atoms. The maximum Gasteiger partial charge on any atom is 0.106 e. The molecule has 0 radical (unpaired) electrons. The van der Waals surface area contributed by atoms with Crippen molar-refractivity contribution in [2.24, 2.45) is 11.1 Å². The molecule has 0 amide bonds. The van der Waals surface area contributed by atoms with Gasteiger partial charge in [-0.2, -0.15) is 0 Å². The molecule has 0 aromatic carbocycles. The largest absolute Gasteiger partial charge is 0.469 e. The van der Waals surface area contributed by atoms with Crippen LogP contribution < -0.4 is 5.73 Å². The van der Waals surface area contributed by atoms with Crippen molar-refractivity contribution in [2.45, 2.75) is 45.1 Å². The highest BCUT2D eigenvalue weighted by Crippen LogP contribution is 2.42. The topological polar surface area (TPSA) is 39.2 Å². The van der Waals surface area contributed by atoms with Gasteiger partial charge in [-0.1, -0.05) is 13.8 Å². The van der Waals surface area contributed by atoms with E-state index >= 15 is 0 Å². The number of furan rings is 1. The zero-order valence-electron chi connectivity index (χ0n) is 8.99. The molecule has 0 saturated heterocycles. The average Bonchev–Trinajstić information content (AvgIpc) is 2.51. The molecule has 1 aromatic heterocycles. The first-order valence-electron chi connectivity index (χ1n) is 5.36. The molecule has 2 atom stereocenters. The minimum absolute atomic E-state index is 0.328. The van der Waals surface area contributed by atoms with Crippen LogP contribution in [0.4, 0.5) is 0 Å². The van der Waals surface area contributed by atoms with Crippen LogP contribution in [0.3, 0.4) is 0 Å². The first-order chi connectivity index (χ1) is 6.57. The Morgan fingerprint density at radius 1 is 1.43 bits per heavy atom. The van der Waals surface area contributed by atoms with Gasteiger partial charge in [-0.25, -0.2) is 0 Å². The van der Waals surface area contributed by atoms with Gasteiger partial charge in [0, 0.05) is 12.0 Å². The monoisotopic (exact) mass is 193 g/mol. The summed E-state index contributed by atoms with van der Waals surface area (Å²) in [5, 5.41) is 0. The summed E-state index contributed by atoms with van der Waals surface area (Å²) in [5.41, 5.74) is 6.42. The number of rotatable bonds is 1. The van der Waals surface area contributed by atoms with Crippen LogP contribution in [0.2, 0.25) is 0 Å². The SMILES string of the molecule is CC1(C)CC(N)CC(c2ccco2)C1. The van der Waals surface area contributed by atoms with E-state index in [2.05, 4.69) is 19.9 Å². The second-order valence-electron chi connectivity index (χ2n) is 5.28. The van der Waals surface area contributed by atoms with Crippen LogP contribution in [0, 0.1) is 5.41 Å². The van der Waals surface area contributed by atoms with Gasteiger partial charge in [-0.15, -0.1) is 0 Å². The van der Waals surface area contributed by atoms with E-state index in [0.29, 0.717) is 17.4 Å². The first-order valence-corrected chi connectivity index (χ1v) is 5.36. The molecule has 78 valence electrons. The summed E-state index contributed by atoms with van der Waals surface area (Å²) in [4.78, 5) is 0. The smallest absolute Gasteiger partial charge is 0.106 e. The summed E-state index contributed by atoms with van der Waals surface area (Å²) in [5.74, 6) is 1.62. The van der Waals surface area contributed by atoms with Gasteiger partial charge >= 0.3 is 0 Å². The highest BCUT2D eigenvalue weighted by atomic mass is 16.3. The summed E-state index contributed by atoms with van der Waals surface area (Å²) < 4.78 is 5.46. The Labute approximate surface area is 85.5 Å². The van der Waals surface area contributed by atoms with Crippen LogP contribution in [-0.2, 0) is 0 Å². The van der Waals surface area contributed by atoms with Crippen LogP contribution >= 0.6 is 0 Å². The summed E-state index contributed by atoms with van der Waals surface area (Å²) in [6.07, 6.45) is 5.14. The van der Waals surface area contributed by atoms with Crippen molar-refractivity contribution < 1.29 is 4.42 Å². The Balaban J connectivity index is 2.14. The van der Waals surface area contributed by atoms with E-state index in [4.69, 9.17) is 10.2 Å². The molecular formula is C12H19NO. The molecule has 0 spiro atoms. The number of nitrogens with two attached hydrogens (primary N) is 1. The van der Waals surface area contributed by atoms with Crippen LogP contribution in [0.25, 0.3) is 0 Å². The minimum Gasteiger partial charge on any atom is -0.469 e. The molecule has 1 fully saturated rings. The van der Waals surface area contributed by atoms with E-state index in [1.54, 1.807) is 6.26 Å². The van der Waals surface area contributed by atoms with Gasteiger partial charge < -0.3 is 10.2 Å². The third-order valence-corrected chi connectivity index (χ3v) is 3.15. The highest BCUT2D eigenvalue weighted by Gasteiger charge is 2.34. The van der Waals surface area contributed by atoms with Crippen molar-refractivity contribution in [2.75, 3.05) is 0 Å². The Bertz CT molecular complexity index is 289. The molecule has 1 aromatic rings. The van der Waals surface area contributed by atoms with Crippen molar-refractivity contribution in [3.63, 3.8) is 0 Å². The van der Waals surface area contributed by atoms with Gasteiger partial charge in [0.1, 0.15) is 5.76 Å². The predicted molar refractivity (Wildman–Crippen MR) is 57.1 cm³/mol. The van der Waals surface area contributed by atoms with Gasteiger partial charge in [0.15, 0.2) is 0 Å². The molecule has 1 aliphatic rings. The quantitative estimate of drug-likeness (QED) is 0.744. The van der Waals surface area contributed by atoms with Crippen molar-refractivity contribution in [1.82, 2.24) is 0 Å². The zero-order chi connectivity index (χ0) is 10.2. The maximum atomic E-state index is 6.07. The Morgan fingerprint density at radius 2 is 2.21 bits per heavy atom. The fraction of sp³-hybridized carbons (Fsp3) is 0.667.